The summed E-state index contributed by atoms with van der Waals surface area (Å²) in [5.41, 5.74) is -0.187. The van der Waals surface area contributed by atoms with Gasteiger partial charge in [-0.15, -0.1) is 0 Å². The van der Waals surface area contributed by atoms with E-state index in [1.54, 1.807) is 24.3 Å². The molecule has 1 N–H and O–H groups in total. The third kappa shape index (κ3) is 5.22. The van der Waals surface area contributed by atoms with Crippen molar-refractivity contribution in [2.75, 3.05) is 0 Å². The van der Waals surface area contributed by atoms with Crippen LogP contribution in [0.1, 0.15) is 25.0 Å². The molecule has 0 fully saturated rings. The predicted molar refractivity (Wildman–Crippen MR) is 84.6 cm³/mol. The van der Waals surface area contributed by atoms with E-state index in [1.165, 1.54) is 31.2 Å². The summed E-state index contributed by atoms with van der Waals surface area (Å²) in [6.07, 6.45) is -8.66. The van der Waals surface area contributed by atoms with Gasteiger partial charge in [-0.3, -0.25) is 0 Å². The second-order valence-electron chi connectivity index (χ2n) is 5.28. The number of para-hydroxylation sites is 1. The highest BCUT2D eigenvalue weighted by Crippen LogP contribution is 2.38. The van der Waals surface area contributed by atoms with Crippen LogP contribution < -0.4 is 4.74 Å². The number of rotatable bonds is 7. The Morgan fingerprint density at radius 3 is 2.08 bits per heavy atom. The second kappa shape index (κ2) is 8.02. The van der Waals surface area contributed by atoms with Crippen LogP contribution in [0.15, 0.2) is 54.6 Å². The third-order valence-electron chi connectivity index (χ3n) is 3.41. The van der Waals surface area contributed by atoms with Crippen molar-refractivity contribution in [1.82, 2.24) is 0 Å². The van der Waals surface area contributed by atoms with Gasteiger partial charge in [0.05, 0.1) is 0 Å². The van der Waals surface area contributed by atoms with E-state index in [0.717, 1.165) is 0 Å². The number of hydrogen-bond donors (Lipinski definition) is 1. The summed E-state index contributed by atoms with van der Waals surface area (Å²) in [5, 5.41) is 8.93. The summed E-state index contributed by atoms with van der Waals surface area (Å²) in [7, 11) is 0. The molecule has 2 unspecified atom stereocenters. The van der Waals surface area contributed by atoms with Gasteiger partial charge in [0.15, 0.2) is 12.2 Å². The summed E-state index contributed by atoms with van der Waals surface area (Å²) in [4.78, 5) is 11.0. The largest absolute Gasteiger partial charge is 0.479 e. The molecule has 0 radical (unpaired) electrons. The fraction of sp³-hybridized carbons (Fsp3) is 0.278. The van der Waals surface area contributed by atoms with Gasteiger partial charge in [-0.25, -0.2) is 4.79 Å². The van der Waals surface area contributed by atoms with Crippen molar-refractivity contribution in [2.24, 2.45) is 0 Å². The molecule has 2 aromatic rings. The zero-order chi connectivity index (χ0) is 18.4. The molecule has 0 aliphatic heterocycles. The first-order valence-electron chi connectivity index (χ1n) is 7.59. The quantitative estimate of drug-likeness (QED) is 0.763. The van der Waals surface area contributed by atoms with E-state index < -0.39 is 24.4 Å². The maximum Gasteiger partial charge on any atom is 0.418 e. The average molecular weight is 354 g/mol. The van der Waals surface area contributed by atoms with Crippen LogP contribution in [0.5, 0.6) is 11.5 Å². The zero-order valence-electron chi connectivity index (χ0n) is 13.4. The summed E-state index contributed by atoms with van der Waals surface area (Å²) in [5.74, 6) is -0.516. The fourth-order valence-corrected chi connectivity index (χ4v) is 2.17. The third-order valence-corrected chi connectivity index (χ3v) is 3.41. The minimum Gasteiger partial charge on any atom is -0.479 e. The number of alkyl halides is 3. The van der Waals surface area contributed by atoms with E-state index in [0.29, 0.717) is 11.5 Å². The van der Waals surface area contributed by atoms with Crippen molar-refractivity contribution in [1.29, 1.82) is 0 Å². The Hall–Kier alpha value is -2.54. The average Bonchev–Trinajstić information content (AvgIpc) is 2.56. The molecule has 0 aliphatic carbocycles. The fourth-order valence-electron chi connectivity index (χ4n) is 2.17. The van der Waals surface area contributed by atoms with Crippen LogP contribution in [-0.2, 0) is 9.53 Å². The van der Waals surface area contributed by atoms with E-state index in [-0.39, 0.29) is 12.0 Å². The molecule has 0 heterocycles. The number of carboxylic acid groups (broad SMARTS) is 1. The number of aliphatic carboxylic acids is 1. The van der Waals surface area contributed by atoms with Crippen LogP contribution in [0.2, 0.25) is 0 Å². The summed E-state index contributed by atoms with van der Waals surface area (Å²) in [6.45, 7) is 1.45. The van der Waals surface area contributed by atoms with E-state index >= 15 is 0 Å². The molecule has 0 bridgehead atoms. The van der Waals surface area contributed by atoms with Gasteiger partial charge in [-0.2, -0.15) is 13.2 Å². The first kappa shape index (κ1) is 18.8. The van der Waals surface area contributed by atoms with Crippen molar-refractivity contribution >= 4 is 5.97 Å². The number of hydrogen-bond acceptors (Lipinski definition) is 3. The minimum absolute atomic E-state index is 0.0723. The van der Waals surface area contributed by atoms with E-state index in [2.05, 4.69) is 0 Å². The van der Waals surface area contributed by atoms with Crippen LogP contribution in [0.3, 0.4) is 0 Å². The van der Waals surface area contributed by atoms with Gasteiger partial charge in [-0.1, -0.05) is 37.3 Å². The van der Waals surface area contributed by atoms with E-state index in [9.17, 15) is 18.0 Å². The van der Waals surface area contributed by atoms with Crippen LogP contribution in [-0.4, -0.2) is 23.4 Å². The van der Waals surface area contributed by atoms with Gasteiger partial charge in [0.25, 0.3) is 0 Å². The highest BCUT2D eigenvalue weighted by molar-refractivity contribution is 5.72. The van der Waals surface area contributed by atoms with Gasteiger partial charge >= 0.3 is 12.1 Å². The Morgan fingerprint density at radius 2 is 1.60 bits per heavy atom. The van der Waals surface area contributed by atoms with Gasteiger partial charge in [0.1, 0.15) is 11.5 Å². The SMILES string of the molecule is CCC(OC(c1ccc(Oc2ccccc2)cc1)C(F)(F)F)C(=O)O. The second-order valence-corrected chi connectivity index (χ2v) is 5.28. The number of carbonyl (C=O) groups is 1. The topological polar surface area (TPSA) is 55.8 Å². The summed E-state index contributed by atoms with van der Waals surface area (Å²) < 4.78 is 50.1. The Labute approximate surface area is 142 Å². The predicted octanol–water partition coefficient (Wildman–Crippen LogP) is 4.96. The van der Waals surface area contributed by atoms with Gasteiger partial charge in [-0.05, 0) is 36.2 Å². The first-order valence-corrected chi connectivity index (χ1v) is 7.59. The number of halogens is 3. The van der Waals surface area contributed by atoms with Crippen molar-refractivity contribution in [3.8, 4) is 11.5 Å². The number of carboxylic acids is 1. The molecule has 0 saturated carbocycles. The molecule has 0 saturated heterocycles. The van der Waals surface area contributed by atoms with E-state index in [1.807, 2.05) is 6.07 Å². The highest BCUT2D eigenvalue weighted by Gasteiger charge is 2.44. The minimum atomic E-state index is -4.73. The molecule has 25 heavy (non-hydrogen) atoms. The Balaban J connectivity index is 2.19. The van der Waals surface area contributed by atoms with Gasteiger partial charge < -0.3 is 14.6 Å². The number of ether oxygens (including phenoxy) is 2. The van der Waals surface area contributed by atoms with E-state index in [4.69, 9.17) is 14.6 Å². The molecule has 2 aromatic carbocycles. The molecule has 0 amide bonds. The molecule has 2 atom stereocenters. The summed E-state index contributed by atoms with van der Waals surface area (Å²) >= 11 is 0. The monoisotopic (exact) mass is 354 g/mol. The Morgan fingerprint density at radius 1 is 1.04 bits per heavy atom. The van der Waals surface area contributed by atoms with Crippen LogP contribution in [0, 0.1) is 0 Å². The van der Waals surface area contributed by atoms with Gasteiger partial charge in [0.2, 0.25) is 0 Å². The lowest BCUT2D eigenvalue weighted by Gasteiger charge is -2.24. The Bertz CT molecular complexity index is 684. The first-order chi connectivity index (χ1) is 11.8. The maximum atomic E-state index is 13.3. The maximum absolute atomic E-state index is 13.3. The molecule has 134 valence electrons. The smallest absolute Gasteiger partial charge is 0.418 e. The molecule has 2 rings (SSSR count). The lowest BCUT2D eigenvalue weighted by atomic mass is 10.1. The van der Waals surface area contributed by atoms with Crippen LogP contribution in [0.4, 0.5) is 13.2 Å². The standard InChI is InChI=1S/C18H17F3O4/c1-2-15(17(22)23)25-16(18(19,20)21)12-8-10-14(11-9-12)24-13-6-4-3-5-7-13/h3-11,15-16H,2H2,1H3,(H,22,23). The normalized spacial score (nSPS) is 13.9. The van der Waals surface area contributed by atoms with Crippen molar-refractivity contribution in [3.05, 3.63) is 60.2 Å². The molecule has 0 aromatic heterocycles. The van der Waals surface area contributed by atoms with Crippen molar-refractivity contribution in [3.63, 3.8) is 0 Å². The molecule has 0 spiro atoms. The van der Waals surface area contributed by atoms with Crippen molar-refractivity contribution < 1.29 is 32.5 Å². The van der Waals surface area contributed by atoms with Crippen molar-refractivity contribution in [2.45, 2.75) is 31.7 Å². The lowest BCUT2D eigenvalue weighted by Crippen LogP contribution is -2.32. The molecule has 0 aliphatic rings. The van der Waals surface area contributed by atoms with Gasteiger partial charge in [0, 0.05) is 0 Å². The number of benzene rings is 2. The molecule has 7 heteroatoms. The Kier molecular flexibility index (Phi) is 6.03. The molecule has 4 nitrogen and oxygen atoms in total. The zero-order valence-corrected chi connectivity index (χ0v) is 13.4. The van der Waals surface area contributed by atoms with Crippen LogP contribution in [0.25, 0.3) is 0 Å². The molecular formula is C18H17F3O4. The highest BCUT2D eigenvalue weighted by atomic mass is 19.4. The van der Waals surface area contributed by atoms with Crippen LogP contribution >= 0.6 is 0 Å². The lowest BCUT2D eigenvalue weighted by molar-refractivity contribution is -0.238. The summed E-state index contributed by atoms with van der Waals surface area (Å²) in [6, 6.07) is 14.0. The molecular weight excluding hydrogens is 337 g/mol.